The molecule has 0 heterocycles. The number of nitrogens with one attached hydrogen (secondary N) is 1. The zero-order valence-electron chi connectivity index (χ0n) is 14.8. The van der Waals surface area contributed by atoms with Gasteiger partial charge in [-0.25, -0.2) is 0 Å². The third kappa shape index (κ3) is 3.66. The lowest BCUT2D eigenvalue weighted by atomic mass is 10.0. The summed E-state index contributed by atoms with van der Waals surface area (Å²) >= 11 is 0. The van der Waals surface area contributed by atoms with Crippen molar-refractivity contribution in [2.45, 2.75) is 19.9 Å². The maximum Gasteiger partial charge on any atom is 0.249 e. The van der Waals surface area contributed by atoms with Gasteiger partial charge < -0.3 is 10.2 Å². The van der Waals surface area contributed by atoms with E-state index in [0.717, 1.165) is 22.0 Å². The summed E-state index contributed by atoms with van der Waals surface area (Å²) in [5.74, 6) is 0.101. The largest absolute Gasteiger partial charge is 0.370 e. The summed E-state index contributed by atoms with van der Waals surface area (Å²) in [6.45, 7) is 5.44. The molecule has 0 saturated heterocycles. The van der Waals surface area contributed by atoms with E-state index in [0.29, 0.717) is 13.1 Å². The van der Waals surface area contributed by atoms with Gasteiger partial charge in [-0.05, 0) is 30.9 Å². The Kier molecular flexibility index (Phi) is 5.34. The monoisotopic (exact) mass is 332 g/mol. The normalized spacial score (nSPS) is 11.9. The van der Waals surface area contributed by atoms with Crippen molar-refractivity contribution in [2.75, 3.05) is 18.4 Å². The molecule has 0 fully saturated rings. The third-order valence-corrected chi connectivity index (χ3v) is 4.54. The number of anilines is 1. The van der Waals surface area contributed by atoms with Gasteiger partial charge in [0.15, 0.2) is 0 Å². The fourth-order valence-electron chi connectivity index (χ4n) is 3.16. The number of carbonyl (C=O) groups excluding carboxylic acids is 1. The van der Waals surface area contributed by atoms with Crippen LogP contribution in [0.1, 0.15) is 25.5 Å². The summed E-state index contributed by atoms with van der Waals surface area (Å²) in [6, 6.07) is 23.9. The molecule has 1 N–H and O–H groups in total. The molecule has 3 aromatic rings. The number of nitrogens with zero attached hydrogens (tertiary/aromatic N) is 1. The lowest BCUT2D eigenvalue weighted by molar-refractivity contribution is -0.131. The fourth-order valence-corrected chi connectivity index (χ4v) is 3.16. The summed E-state index contributed by atoms with van der Waals surface area (Å²) in [5, 5.41) is 5.78. The SMILES string of the molecule is CCN(CC)C(=O)[C@@H](Nc1cccc2ccccc12)c1ccccc1. The number of amides is 1. The van der Waals surface area contributed by atoms with Crippen LogP contribution in [0, 0.1) is 0 Å². The summed E-state index contributed by atoms with van der Waals surface area (Å²) in [7, 11) is 0. The molecule has 0 aromatic heterocycles. The molecular weight excluding hydrogens is 308 g/mol. The van der Waals surface area contributed by atoms with Gasteiger partial charge in [-0.2, -0.15) is 0 Å². The summed E-state index contributed by atoms with van der Waals surface area (Å²) in [6.07, 6.45) is 0. The van der Waals surface area contributed by atoms with Gasteiger partial charge in [0, 0.05) is 24.2 Å². The Morgan fingerprint density at radius 3 is 2.24 bits per heavy atom. The Bertz CT molecular complexity index is 836. The maximum absolute atomic E-state index is 13.1. The first-order valence-corrected chi connectivity index (χ1v) is 8.82. The smallest absolute Gasteiger partial charge is 0.249 e. The van der Waals surface area contributed by atoms with Crippen molar-refractivity contribution in [3.05, 3.63) is 78.4 Å². The lowest BCUT2D eigenvalue weighted by Crippen LogP contribution is -2.37. The van der Waals surface area contributed by atoms with Crippen LogP contribution in [0.5, 0.6) is 0 Å². The van der Waals surface area contributed by atoms with Crippen LogP contribution in [0.25, 0.3) is 10.8 Å². The molecule has 0 spiro atoms. The molecule has 128 valence electrons. The highest BCUT2D eigenvalue weighted by molar-refractivity contribution is 5.96. The first kappa shape index (κ1) is 17.0. The standard InChI is InChI=1S/C22H24N2O/c1-3-24(4-2)22(25)21(18-12-6-5-7-13-18)23-20-16-10-14-17-11-8-9-15-19(17)20/h5-16,21,23H,3-4H2,1-2H3/t21-/m0/s1. The summed E-state index contributed by atoms with van der Waals surface area (Å²) in [4.78, 5) is 15.0. The van der Waals surface area contributed by atoms with Crippen LogP contribution in [-0.4, -0.2) is 23.9 Å². The van der Waals surface area contributed by atoms with E-state index < -0.39 is 6.04 Å². The topological polar surface area (TPSA) is 32.3 Å². The van der Waals surface area contributed by atoms with Gasteiger partial charge in [0.2, 0.25) is 5.91 Å². The van der Waals surface area contributed by atoms with Crippen molar-refractivity contribution >= 4 is 22.4 Å². The van der Waals surface area contributed by atoms with E-state index in [9.17, 15) is 4.79 Å². The van der Waals surface area contributed by atoms with Crippen molar-refractivity contribution in [3.63, 3.8) is 0 Å². The average molecular weight is 332 g/mol. The van der Waals surface area contributed by atoms with Gasteiger partial charge in [0.25, 0.3) is 0 Å². The minimum Gasteiger partial charge on any atom is -0.370 e. The molecule has 0 bridgehead atoms. The number of hydrogen-bond donors (Lipinski definition) is 1. The van der Waals surface area contributed by atoms with Crippen molar-refractivity contribution in [1.29, 1.82) is 0 Å². The Balaban J connectivity index is 2.01. The van der Waals surface area contributed by atoms with Gasteiger partial charge in [0.05, 0.1) is 0 Å². The number of fused-ring (bicyclic) bond motifs is 1. The van der Waals surface area contributed by atoms with Gasteiger partial charge in [-0.15, -0.1) is 0 Å². The Morgan fingerprint density at radius 1 is 0.880 bits per heavy atom. The summed E-state index contributed by atoms with van der Waals surface area (Å²) in [5.41, 5.74) is 1.96. The first-order chi connectivity index (χ1) is 12.2. The van der Waals surface area contributed by atoms with Crippen LogP contribution >= 0.6 is 0 Å². The van der Waals surface area contributed by atoms with Gasteiger partial charge in [-0.3, -0.25) is 4.79 Å². The Morgan fingerprint density at radius 2 is 1.52 bits per heavy atom. The molecule has 0 saturated carbocycles. The molecule has 3 rings (SSSR count). The van der Waals surface area contributed by atoms with E-state index in [4.69, 9.17) is 0 Å². The molecule has 3 heteroatoms. The lowest BCUT2D eigenvalue weighted by Gasteiger charge is -2.27. The highest BCUT2D eigenvalue weighted by Gasteiger charge is 2.24. The van der Waals surface area contributed by atoms with Gasteiger partial charge >= 0.3 is 0 Å². The molecule has 0 unspecified atom stereocenters. The second-order valence-corrected chi connectivity index (χ2v) is 6.03. The molecule has 3 nitrogen and oxygen atoms in total. The quantitative estimate of drug-likeness (QED) is 0.699. The minimum absolute atomic E-state index is 0.101. The minimum atomic E-state index is -0.396. The Hall–Kier alpha value is -2.81. The number of likely N-dealkylation sites (N-methyl/N-ethyl adjacent to an activating group) is 1. The molecular formula is C22H24N2O. The molecule has 1 atom stereocenters. The predicted molar refractivity (Wildman–Crippen MR) is 105 cm³/mol. The first-order valence-electron chi connectivity index (χ1n) is 8.82. The second kappa shape index (κ2) is 7.84. The molecule has 0 radical (unpaired) electrons. The van der Waals surface area contributed by atoms with Crippen molar-refractivity contribution < 1.29 is 4.79 Å². The fraction of sp³-hybridized carbons (Fsp3) is 0.227. The highest BCUT2D eigenvalue weighted by atomic mass is 16.2. The number of benzene rings is 3. The van der Waals surface area contributed by atoms with Crippen LogP contribution in [-0.2, 0) is 4.79 Å². The van der Waals surface area contributed by atoms with E-state index in [1.807, 2.05) is 73.3 Å². The third-order valence-electron chi connectivity index (χ3n) is 4.54. The molecule has 0 aliphatic heterocycles. The van der Waals surface area contributed by atoms with Crippen molar-refractivity contribution in [2.24, 2.45) is 0 Å². The number of hydrogen-bond acceptors (Lipinski definition) is 2. The second-order valence-electron chi connectivity index (χ2n) is 6.03. The van der Waals surface area contributed by atoms with E-state index in [2.05, 4.69) is 23.5 Å². The molecule has 0 aliphatic carbocycles. The van der Waals surface area contributed by atoms with Crippen LogP contribution in [0.15, 0.2) is 72.8 Å². The predicted octanol–water partition coefficient (Wildman–Crippen LogP) is 4.86. The van der Waals surface area contributed by atoms with Crippen LogP contribution in [0.2, 0.25) is 0 Å². The molecule has 1 amide bonds. The van der Waals surface area contributed by atoms with Crippen LogP contribution in [0.3, 0.4) is 0 Å². The molecule has 25 heavy (non-hydrogen) atoms. The zero-order valence-corrected chi connectivity index (χ0v) is 14.8. The number of carbonyl (C=O) groups is 1. The zero-order chi connectivity index (χ0) is 17.6. The van der Waals surface area contributed by atoms with Gasteiger partial charge in [-0.1, -0.05) is 66.7 Å². The van der Waals surface area contributed by atoms with Crippen molar-refractivity contribution in [1.82, 2.24) is 4.90 Å². The Labute approximate surface area is 149 Å². The van der Waals surface area contributed by atoms with Crippen LogP contribution in [0.4, 0.5) is 5.69 Å². The summed E-state index contributed by atoms with van der Waals surface area (Å²) < 4.78 is 0. The maximum atomic E-state index is 13.1. The van der Waals surface area contributed by atoms with E-state index >= 15 is 0 Å². The van der Waals surface area contributed by atoms with E-state index in [-0.39, 0.29) is 5.91 Å². The van der Waals surface area contributed by atoms with E-state index in [1.165, 1.54) is 0 Å². The number of rotatable bonds is 6. The van der Waals surface area contributed by atoms with Crippen LogP contribution < -0.4 is 5.32 Å². The highest BCUT2D eigenvalue weighted by Crippen LogP contribution is 2.28. The average Bonchev–Trinajstić information content (AvgIpc) is 2.67. The van der Waals surface area contributed by atoms with E-state index in [1.54, 1.807) is 0 Å². The van der Waals surface area contributed by atoms with Gasteiger partial charge in [0.1, 0.15) is 6.04 Å². The molecule has 0 aliphatic rings. The molecule has 3 aromatic carbocycles. The van der Waals surface area contributed by atoms with Crippen molar-refractivity contribution in [3.8, 4) is 0 Å².